The Bertz CT molecular complexity index is 156. The molecule has 1 fully saturated rings. The highest BCUT2D eigenvalue weighted by Gasteiger charge is 2.29. The van der Waals surface area contributed by atoms with E-state index in [4.69, 9.17) is 9.47 Å². The van der Waals surface area contributed by atoms with Gasteiger partial charge in [-0.2, -0.15) is 0 Å². The predicted molar refractivity (Wildman–Crippen MR) is 58.6 cm³/mol. The summed E-state index contributed by atoms with van der Waals surface area (Å²) < 4.78 is 10.7. The molecule has 90 valence electrons. The molecule has 1 atom stereocenters. The minimum atomic E-state index is -0.200. The highest BCUT2D eigenvalue weighted by molar-refractivity contribution is 4.82. The molecule has 4 nitrogen and oxygen atoms in total. The normalized spacial score (nSPS) is 18.4. The van der Waals surface area contributed by atoms with Crippen molar-refractivity contribution in [2.24, 2.45) is 5.92 Å². The monoisotopic (exact) mass is 217 g/mol. The quantitative estimate of drug-likeness (QED) is 0.559. The van der Waals surface area contributed by atoms with Gasteiger partial charge in [-0.05, 0) is 32.6 Å². The summed E-state index contributed by atoms with van der Waals surface area (Å²) in [4.78, 5) is 0. The molecule has 0 amide bonds. The van der Waals surface area contributed by atoms with E-state index < -0.39 is 0 Å². The van der Waals surface area contributed by atoms with Crippen LogP contribution in [0.1, 0.15) is 26.7 Å². The lowest BCUT2D eigenvalue weighted by Gasteiger charge is -2.18. The summed E-state index contributed by atoms with van der Waals surface area (Å²) in [6.45, 7) is 6.48. The molecule has 0 aromatic rings. The first-order chi connectivity index (χ1) is 7.27. The minimum Gasteiger partial charge on any atom is -0.392 e. The second-order valence-corrected chi connectivity index (χ2v) is 3.90. The van der Waals surface area contributed by atoms with Crippen LogP contribution in [0.3, 0.4) is 0 Å². The molecule has 0 radical (unpaired) electrons. The second-order valence-electron chi connectivity index (χ2n) is 3.90. The first kappa shape index (κ1) is 12.9. The van der Waals surface area contributed by atoms with E-state index in [1.165, 1.54) is 12.8 Å². The molecule has 4 heteroatoms. The van der Waals surface area contributed by atoms with Crippen molar-refractivity contribution in [2.45, 2.75) is 39.1 Å². The molecule has 0 bridgehead atoms. The lowest BCUT2D eigenvalue weighted by molar-refractivity contribution is -0.133. The molecule has 1 saturated carbocycles. The number of hydrogen-bond donors (Lipinski definition) is 2. The topological polar surface area (TPSA) is 50.7 Å². The highest BCUT2D eigenvalue weighted by Crippen LogP contribution is 2.32. The van der Waals surface area contributed by atoms with Crippen LogP contribution in [0.5, 0.6) is 0 Å². The standard InChI is InChI=1S/C11H23NO3/c1-3-14-11(15-4-2)8-12-7-10(13)9-5-6-9/h9-13H,3-8H2,1-2H3. The summed E-state index contributed by atoms with van der Waals surface area (Å²) in [6, 6.07) is 0. The lowest BCUT2D eigenvalue weighted by Crippen LogP contribution is -2.36. The Hall–Kier alpha value is -0.160. The zero-order valence-electron chi connectivity index (χ0n) is 9.74. The Balaban J connectivity index is 2.03. The van der Waals surface area contributed by atoms with Crippen LogP contribution >= 0.6 is 0 Å². The van der Waals surface area contributed by atoms with Gasteiger partial charge in [0.2, 0.25) is 0 Å². The van der Waals surface area contributed by atoms with Crippen LogP contribution in [0, 0.1) is 5.92 Å². The number of aliphatic hydroxyl groups excluding tert-OH is 1. The van der Waals surface area contributed by atoms with Crippen molar-refractivity contribution >= 4 is 0 Å². The largest absolute Gasteiger partial charge is 0.392 e. The second kappa shape index (κ2) is 7.17. The number of nitrogens with one attached hydrogen (secondary N) is 1. The molecule has 0 spiro atoms. The maximum absolute atomic E-state index is 9.62. The molecule has 0 heterocycles. The van der Waals surface area contributed by atoms with Crippen molar-refractivity contribution in [2.75, 3.05) is 26.3 Å². The van der Waals surface area contributed by atoms with Gasteiger partial charge in [-0.15, -0.1) is 0 Å². The van der Waals surface area contributed by atoms with Crippen molar-refractivity contribution in [1.82, 2.24) is 5.32 Å². The van der Waals surface area contributed by atoms with Crippen molar-refractivity contribution in [1.29, 1.82) is 0 Å². The van der Waals surface area contributed by atoms with E-state index in [0.29, 0.717) is 32.2 Å². The highest BCUT2D eigenvalue weighted by atomic mass is 16.7. The van der Waals surface area contributed by atoms with Gasteiger partial charge >= 0.3 is 0 Å². The van der Waals surface area contributed by atoms with E-state index in [2.05, 4.69) is 5.32 Å². The Morgan fingerprint density at radius 3 is 2.27 bits per heavy atom. The van der Waals surface area contributed by atoms with Gasteiger partial charge in [-0.3, -0.25) is 0 Å². The van der Waals surface area contributed by atoms with Crippen LogP contribution in [-0.4, -0.2) is 43.8 Å². The summed E-state index contributed by atoms with van der Waals surface area (Å²) in [5.74, 6) is 0.523. The molecule has 1 rings (SSSR count). The molecular weight excluding hydrogens is 194 g/mol. The number of rotatable bonds is 9. The van der Waals surface area contributed by atoms with Gasteiger partial charge in [-0.1, -0.05) is 0 Å². The van der Waals surface area contributed by atoms with Crippen molar-refractivity contribution in [3.63, 3.8) is 0 Å². The lowest BCUT2D eigenvalue weighted by atomic mass is 10.2. The zero-order chi connectivity index (χ0) is 11.1. The fourth-order valence-electron chi connectivity index (χ4n) is 1.53. The predicted octanol–water partition coefficient (Wildman–Crippen LogP) is 0.746. The van der Waals surface area contributed by atoms with E-state index in [1.807, 2.05) is 13.8 Å². The summed E-state index contributed by atoms with van der Waals surface area (Å²) in [7, 11) is 0. The van der Waals surface area contributed by atoms with Crippen LogP contribution in [0.25, 0.3) is 0 Å². The average Bonchev–Trinajstić information content (AvgIpc) is 3.01. The molecular formula is C11H23NO3. The smallest absolute Gasteiger partial charge is 0.169 e. The van der Waals surface area contributed by atoms with Crippen molar-refractivity contribution in [3.8, 4) is 0 Å². The van der Waals surface area contributed by atoms with Crippen LogP contribution in [-0.2, 0) is 9.47 Å². The summed E-state index contributed by atoms with van der Waals surface area (Å²) in [6.07, 6.45) is 1.95. The Labute approximate surface area is 92.0 Å². The van der Waals surface area contributed by atoms with Gasteiger partial charge in [0.05, 0.1) is 6.10 Å². The molecule has 1 unspecified atom stereocenters. The Morgan fingerprint density at radius 1 is 1.20 bits per heavy atom. The zero-order valence-corrected chi connectivity index (χ0v) is 9.74. The van der Waals surface area contributed by atoms with Gasteiger partial charge in [0.25, 0.3) is 0 Å². The third-order valence-electron chi connectivity index (χ3n) is 2.54. The number of aliphatic hydroxyl groups is 1. The molecule has 1 aliphatic carbocycles. The van der Waals surface area contributed by atoms with Gasteiger partial charge in [-0.25, -0.2) is 0 Å². The molecule has 0 aromatic carbocycles. The first-order valence-electron chi connectivity index (χ1n) is 5.89. The number of ether oxygens (including phenoxy) is 2. The molecule has 0 saturated heterocycles. The van der Waals surface area contributed by atoms with E-state index in [-0.39, 0.29) is 12.4 Å². The minimum absolute atomic E-state index is 0.189. The molecule has 0 aliphatic heterocycles. The summed E-state index contributed by atoms with van der Waals surface area (Å²) >= 11 is 0. The fraction of sp³-hybridized carbons (Fsp3) is 1.00. The molecule has 0 aromatic heterocycles. The van der Waals surface area contributed by atoms with Crippen molar-refractivity contribution in [3.05, 3.63) is 0 Å². The maximum atomic E-state index is 9.62. The molecule has 1 aliphatic rings. The van der Waals surface area contributed by atoms with E-state index >= 15 is 0 Å². The third kappa shape index (κ3) is 5.47. The van der Waals surface area contributed by atoms with Gasteiger partial charge in [0, 0.05) is 26.3 Å². The Morgan fingerprint density at radius 2 is 1.80 bits per heavy atom. The molecule has 15 heavy (non-hydrogen) atoms. The average molecular weight is 217 g/mol. The molecule has 2 N–H and O–H groups in total. The third-order valence-corrected chi connectivity index (χ3v) is 2.54. The van der Waals surface area contributed by atoms with Crippen LogP contribution < -0.4 is 5.32 Å². The first-order valence-corrected chi connectivity index (χ1v) is 5.89. The SMILES string of the molecule is CCOC(CNCC(O)C1CC1)OCC. The van der Waals surface area contributed by atoms with Gasteiger partial charge in [0.1, 0.15) is 0 Å². The maximum Gasteiger partial charge on any atom is 0.169 e. The van der Waals surface area contributed by atoms with Crippen LogP contribution in [0.2, 0.25) is 0 Å². The number of hydrogen-bond acceptors (Lipinski definition) is 4. The van der Waals surface area contributed by atoms with E-state index in [0.717, 1.165) is 0 Å². The van der Waals surface area contributed by atoms with E-state index in [1.54, 1.807) is 0 Å². The van der Waals surface area contributed by atoms with Crippen LogP contribution in [0.4, 0.5) is 0 Å². The fourth-order valence-corrected chi connectivity index (χ4v) is 1.53. The summed E-state index contributed by atoms with van der Waals surface area (Å²) in [5, 5.41) is 12.8. The summed E-state index contributed by atoms with van der Waals surface area (Å²) in [5.41, 5.74) is 0. The van der Waals surface area contributed by atoms with Crippen LogP contribution in [0.15, 0.2) is 0 Å². The van der Waals surface area contributed by atoms with Gasteiger partial charge < -0.3 is 19.9 Å². The Kier molecular flexibility index (Phi) is 6.17. The van der Waals surface area contributed by atoms with E-state index in [9.17, 15) is 5.11 Å². The van der Waals surface area contributed by atoms with Gasteiger partial charge in [0.15, 0.2) is 6.29 Å². The van der Waals surface area contributed by atoms with Crippen molar-refractivity contribution < 1.29 is 14.6 Å².